The smallest absolute Gasteiger partial charge is 0.233 e. The summed E-state index contributed by atoms with van der Waals surface area (Å²) < 4.78 is 23.4. The van der Waals surface area contributed by atoms with Crippen LogP contribution in [-0.2, 0) is 14.6 Å². The second-order valence-corrected chi connectivity index (χ2v) is 10.1. The monoisotopic (exact) mass is 419 g/mol. The molecule has 3 rings (SSSR count). The standard InChI is InChI=1S/C20H25N3O3S2/c1-27-19-13-21-18(12-22-19)23-20(24)17(11-14-5-3-4-6-14)15-7-9-16(10-8-15)28(2,25)26/h7-10,12-14,17H,3-6,11H2,1-2H3,(H,21,23,24)/t17-/m1/s1. The van der Waals surface area contributed by atoms with Gasteiger partial charge < -0.3 is 5.32 Å². The zero-order chi connectivity index (χ0) is 20.1. The minimum absolute atomic E-state index is 0.134. The molecule has 28 heavy (non-hydrogen) atoms. The highest BCUT2D eigenvalue weighted by atomic mass is 32.2. The molecule has 1 aliphatic rings. The number of sulfone groups is 1. The van der Waals surface area contributed by atoms with Gasteiger partial charge in [0.1, 0.15) is 5.03 Å². The maximum Gasteiger partial charge on any atom is 0.233 e. The minimum atomic E-state index is -3.26. The lowest BCUT2D eigenvalue weighted by molar-refractivity contribution is -0.118. The van der Waals surface area contributed by atoms with E-state index >= 15 is 0 Å². The van der Waals surface area contributed by atoms with Crippen LogP contribution in [0.25, 0.3) is 0 Å². The number of anilines is 1. The van der Waals surface area contributed by atoms with Crippen molar-refractivity contribution in [3.8, 4) is 0 Å². The lowest BCUT2D eigenvalue weighted by atomic mass is 9.87. The van der Waals surface area contributed by atoms with Crippen LogP contribution in [0.4, 0.5) is 5.82 Å². The number of benzene rings is 1. The van der Waals surface area contributed by atoms with Gasteiger partial charge in [-0.15, -0.1) is 11.8 Å². The van der Waals surface area contributed by atoms with Crippen LogP contribution in [-0.4, -0.2) is 36.8 Å². The Labute approximate surface area is 170 Å². The van der Waals surface area contributed by atoms with Crippen LogP contribution >= 0.6 is 11.8 Å². The molecular weight excluding hydrogens is 394 g/mol. The molecule has 0 radical (unpaired) electrons. The fourth-order valence-corrected chi connectivity index (χ4v) is 4.57. The lowest BCUT2D eigenvalue weighted by Crippen LogP contribution is -2.23. The highest BCUT2D eigenvalue weighted by Gasteiger charge is 2.27. The number of carbonyl (C=O) groups is 1. The summed E-state index contributed by atoms with van der Waals surface area (Å²) in [5, 5.41) is 3.66. The molecule has 0 bridgehead atoms. The molecule has 0 spiro atoms. The molecule has 1 saturated carbocycles. The molecule has 1 heterocycles. The summed E-state index contributed by atoms with van der Waals surface area (Å²) in [6.45, 7) is 0. The molecule has 0 saturated heterocycles. The molecule has 0 aliphatic heterocycles. The minimum Gasteiger partial charge on any atom is -0.309 e. The van der Waals surface area contributed by atoms with E-state index in [0.29, 0.717) is 11.7 Å². The topological polar surface area (TPSA) is 89.0 Å². The number of hydrogen-bond donors (Lipinski definition) is 1. The summed E-state index contributed by atoms with van der Waals surface area (Å²) in [7, 11) is -3.26. The average molecular weight is 420 g/mol. The number of carbonyl (C=O) groups excluding carboxylic acids is 1. The molecule has 1 N–H and O–H groups in total. The predicted octanol–water partition coefficient (Wildman–Crippen LogP) is 3.90. The molecule has 0 unspecified atom stereocenters. The van der Waals surface area contributed by atoms with E-state index in [9.17, 15) is 13.2 Å². The van der Waals surface area contributed by atoms with Crippen molar-refractivity contribution in [3.05, 3.63) is 42.2 Å². The molecule has 8 heteroatoms. The van der Waals surface area contributed by atoms with E-state index in [-0.39, 0.29) is 16.7 Å². The van der Waals surface area contributed by atoms with E-state index in [1.807, 2.05) is 6.26 Å². The van der Waals surface area contributed by atoms with Crippen LogP contribution in [0, 0.1) is 5.92 Å². The zero-order valence-electron chi connectivity index (χ0n) is 16.1. The fourth-order valence-electron chi connectivity index (χ4n) is 3.62. The highest BCUT2D eigenvalue weighted by Crippen LogP contribution is 2.35. The van der Waals surface area contributed by atoms with E-state index in [1.54, 1.807) is 36.7 Å². The van der Waals surface area contributed by atoms with Crippen molar-refractivity contribution in [1.82, 2.24) is 9.97 Å². The first-order valence-electron chi connectivity index (χ1n) is 9.33. The Morgan fingerprint density at radius 1 is 1.18 bits per heavy atom. The van der Waals surface area contributed by atoms with Crippen molar-refractivity contribution in [1.29, 1.82) is 0 Å². The Bertz CT molecular complexity index is 907. The summed E-state index contributed by atoms with van der Waals surface area (Å²) >= 11 is 1.49. The molecule has 1 fully saturated rings. The van der Waals surface area contributed by atoms with Gasteiger partial charge in [-0.05, 0) is 36.3 Å². The van der Waals surface area contributed by atoms with Crippen molar-refractivity contribution in [2.45, 2.75) is 47.9 Å². The van der Waals surface area contributed by atoms with Crippen LogP contribution in [0.3, 0.4) is 0 Å². The average Bonchev–Trinajstić information content (AvgIpc) is 3.19. The van der Waals surface area contributed by atoms with E-state index in [0.717, 1.165) is 29.9 Å². The van der Waals surface area contributed by atoms with Gasteiger partial charge >= 0.3 is 0 Å². The second-order valence-electron chi connectivity index (χ2n) is 7.21. The van der Waals surface area contributed by atoms with Crippen molar-refractivity contribution in [2.75, 3.05) is 17.8 Å². The normalized spacial score (nSPS) is 16.1. The SMILES string of the molecule is CSc1cnc(NC(=O)[C@H](CC2CCCC2)c2ccc(S(C)(=O)=O)cc2)cn1. The maximum atomic E-state index is 13.0. The summed E-state index contributed by atoms with van der Waals surface area (Å²) in [4.78, 5) is 21.8. The number of nitrogens with one attached hydrogen (secondary N) is 1. The third-order valence-corrected chi connectivity index (χ3v) is 6.92. The Balaban J connectivity index is 1.81. The third-order valence-electron chi connectivity index (χ3n) is 5.16. The molecule has 1 atom stereocenters. The molecule has 1 amide bonds. The number of rotatable bonds is 7. The van der Waals surface area contributed by atoms with Gasteiger partial charge in [-0.25, -0.2) is 18.4 Å². The summed E-state index contributed by atoms with van der Waals surface area (Å²) in [6, 6.07) is 6.65. The van der Waals surface area contributed by atoms with Gasteiger partial charge in [0.05, 0.1) is 23.2 Å². The summed E-state index contributed by atoms with van der Waals surface area (Å²) in [5.74, 6) is 0.450. The fraction of sp³-hybridized carbons (Fsp3) is 0.450. The van der Waals surface area contributed by atoms with Gasteiger partial charge in [-0.1, -0.05) is 37.8 Å². The molecule has 1 aromatic carbocycles. The van der Waals surface area contributed by atoms with Crippen molar-refractivity contribution in [2.24, 2.45) is 5.92 Å². The van der Waals surface area contributed by atoms with E-state index < -0.39 is 9.84 Å². The number of thioether (sulfide) groups is 1. The van der Waals surface area contributed by atoms with Crippen LogP contribution in [0.15, 0.2) is 46.6 Å². The van der Waals surface area contributed by atoms with E-state index in [2.05, 4.69) is 15.3 Å². The second kappa shape index (κ2) is 9.05. The number of amides is 1. The van der Waals surface area contributed by atoms with Gasteiger partial charge in [0.15, 0.2) is 15.7 Å². The van der Waals surface area contributed by atoms with Gasteiger partial charge in [0.25, 0.3) is 0 Å². The Morgan fingerprint density at radius 2 is 1.86 bits per heavy atom. The summed E-state index contributed by atoms with van der Waals surface area (Å²) in [6.07, 6.45) is 11.7. The lowest BCUT2D eigenvalue weighted by Gasteiger charge is -2.20. The predicted molar refractivity (Wildman–Crippen MR) is 111 cm³/mol. The van der Waals surface area contributed by atoms with Crippen LogP contribution < -0.4 is 5.32 Å². The van der Waals surface area contributed by atoms with E-state index in [1.165, 1.54) is 30.9 Å². The first kappa shape index (κ1) is 20.8. The molecule has 2 aromatic rings. The van der Waals surface area contributed by atoms with Crippen LogP contribution in [0.5, 0.6) is 0 Å². The van der Waals surface area contributed by atoms with Crippen molar-refractivity contribution >= 4 is 33.3 Å². The zero-order valence-corrected chi connectivity index (χ0v) is 17.7. The quantitative estimate of drug-likeness (QED) is 0.685. The molecular formula is C20H25N3O3S2. The summed E-state index contributed by atoms with van der Waals surface area (Å²) in [5.41, 5.74) is 0.825. The van der Waals surface area contributed by atoms with Crippen LogP contribution in [0.2, 0.25) is 0 Å². The molecule has 6 nitrogen and oxygen atoms in total. The Morgan fingerprint density at radius 3 is 2.39 bits per heavy atom. The van der Waals surface area contributed by atoms with Gasteiger partial charge in [0.2, 0.25) is 5.91 Å². The highest BCUT2D eigenvalue weighted by molar-refractivity contribution is 7.98. The van der Waals surface area contributed by atoms with E-state index in [4.69, 9.17) is 0 Å². The number of aromatic nitrogens is 2. The third kappa shape index (κ3) is 5.32. The molecule has 1 aromatic heterocycles. The van der Waals surface area contributed by atoms with Crippen LogP contribution in [0.1, 0.15) is 43.6 Å². The maximum absolute atomic E-state index is 13.0. The number of hydrogen-bond acceptors (Lipinski definition) is 6. The van der Waals surface area contributed by atoms with Gasteiger partial charge in [-0.2, -0.15) is 0 Å². The first-order chi connectivity index (χ1) is 13.4. The Hall–Kier alpha value is -1.93. The Kier molecular flexibility index (Phi) is 6.72. The number of nitrogens with zero attached hydrogens (tertiary/aromatic N) is 2. The van der Waals surface area contributed by atoms with Gasteiger partial charge in [0, 0.05) is 6.26 Å². The molecule has 1 aliphatic carbocycles. The largest absolute Gasteiger partial charge is 0.309 e. The first-order valence-corrected chi connectivity index (χ1v) is 12.5. The molecule has 150 valence electrons. The van der Waals surface area contributed by atoms with Gasteiger partial charge in [-0.3, -0.25) is 4.79 Å². The van der Waals surface area contributed by atoms with Crippen molar-refractivity contribution < 1.29 is 13.2 Å². The van der Waals surface area contributed by atoms with Crippen molar-refractivity contribution in [3.63, 3.8) is 0 Å².